The van der Waals surface area contributed by atoms with Crippen molar-refractivity contribution in [1.82, 2.24) is 15.4 Å². The fourth-order valence-corrected chi connectivity index (χ4v) is 6.13. The number of amides is 4. The van der Waals surface area contributed by atoms with Gasteiger partial charge in [-0.15, -0.1) is 0 Å². The molecular weight excluding hydrogens is 698 g/mol. The van der Waals surface area contributed by atoms with Crippen LogP contribution in [0.25, 0.3) is 0 Å². The maximum atomic E-state index is 14.9. The molecule has 0 spiro atoms. The second-order valence-corrected chi connectivity index (χ2v) is 14.1. The first-order chi connectivity index (χ1) is 23.9. The van der Waals surface area contributed by atoms with Crippen molar-refractivity contribution in [3.05, 3.63) is 65.5 Å². The number of para-hydroxylation sites is 1. The van der Waals surface area contributed by atoms with E-state index in [-0.39, 0.29) is 35.1 Å². The van der Waals surface area contributed by atoms with Gasteiger partial charge in [0, 0.05) is 29.2 Å². The lowest BCUT2D eigenvalue weighted by Crippen LogP contribution is -2.48. The second-order valence-electron chi connectivity index (χ2n) is 13.3. The highest BCUT2D eigenvalue weighted by molar-refractivity contribution is 7.98. The van der Waals surface area contributed by atoms with Crippen molar-refractivity contribution in [3.63, 3.8) is 0 Å². The summed E-state index contributed by atoms with van der Waals surface area (Å²) < 4.78 is 63.0. The predicted molar refractivity (Wildman–Crippen MR) is 180 cm³/mol. The molecule has 0 bridgehead atoms. The monoisotopic (exact) mass is 737 g/mol. The quantitative estimate of drug-likeness (QED) is 0.130. The SMILES string of the molecule is CC(C)(C)OC(=O)NC(CSNC(=O)[C@@H](CC1CC1)[C@@H](CCC(F)(F)F)C(=O)NC1N=C(c2ccccc2)c2cccc(F)c2NC1=O)C(=O)O. The lowest BCUT2D eigenvalue weighted by molar-refractivity contribution is -0.147. The average Bonchev–Trinajstić information content (AvgIpc) is 3.87. The summed E-state index contributed by atoms with van der Waals surface area (Å²) in [5.74, 6) is -8.37. The largest absolute Gasteiger partial charge is 0.480 e. The summed E-state index contributed by atoms with van der Waals surface area (Å²) in [5.41, 5.74) is -0.291. The zero-order chi connectivity index (χ0) is 37.5. The van der Waals surface area contributed by atoms with Gasteiger partial charge in [0.2, 0.25) is 18.0 Å². The molecule has 4 atom stereocenters. The number of fused-ring (bicyclic) bond motifs is 1. The summed E-state index contributed by atoms with van der Waals surface area (Å²) in [6.45, 7) is 4.74. The Bertz CT molecular complexity index is 1650. The number of anilines is 1. The number of carboxylic acids is 1. The smallest absolute Gasteiger partial charge is 0.408 e. The van der Waals surface area contributed by atoms with Gasteiger partial charge in [-0.05, 0) is 57.5 Å². The highest BCUT2D eigenvalue weighted by Crippen LogP contribution is 2.40. The van der Waals surface area contributed by atoms with Gasteiger partial charge in [-0.1, -0.05) is 55.3 Å². The predicted octanol–water partition coefficient (Wildman–Crippen LogP) is 5.17. The minimum absolute atomic E-state index is 0.0473. The number of nitrogens with zero attached hydrogens (tertiary/aromatic N) is 1. The van der Waals surface area contributed by atoms with E-state index < -0.39 is 84.3 Å². The van der Waals surface area contributed by atoms with E-state index in [4.69, 9.17) is 4.74 Å². The lowest BCUT2D eigenvalue weighted by atomic mass is 9.83. The first-order valence-corrected chi connectivity index (χ1v) is 17.1. The number of alkyl carbamates (subject to hydrolysis) is 1. The number of alkyl halides is 3. The first-order valence-electron chi connectivity index (χ1n) is 16.2. The van der Waals surface area contributed by atoms with E-state index in [9.17, 15) is 46.6 Å². The fraction of sp³-hybridized carbons (Fsp3) is 0.471. The van der Waals surface area contributed by atoms with Crippen LogP contribution >= 0.6 is 11.9 Å². The van der Waals surface area contributed by atoms with E-state index in [2.05, 4.69) is 25.7 Å². The number of carboxylic acid groups (broad SMARTS) is 1. The Morgan fingerprint density at radius 2 is 1.71 bits per heavy atom. The first kappa shape index (κ1) is 39.1. The number of rotatable bonds is 14. The minimum Gasteiger partial charge on any atom is -0.480 e. The van der Waals surface area contributed by atoms with Gasteiger partial charge in [0.05, 0.1) is 17.3 Å². The number of ether oxygens (including phenoxy) is 1. The van der Waals surface area contributed by atoms with E-state index >= 15 is 0 Å². The molecule has 2 aromatic carbocycles. The normalized spacial score (nSPS) is 17.7. The molecule has 1 saturated carbocycles. The van der Waals surface area contributed by atoms with Gasteiger partial charge in [0.15, 0.2) is 0 Å². The van der Waals surface area contributed by atoms with Gasteiger partial charge in [-0.3, -0.25) is 19.1 Å². The van der Waals surface area contributed by atoms with Crippen molar-refractivity contribution >= 4 is 53.1 Å². The van der Waals surface area contributed by atoms with Crippen LogP contribution in [-0.2, 0) is 23.9 Å². The summed E-state index contributed by atoms with van der Waals surface area (Å²) in [7, 11) is 0. The molecule has 1 aliphatic carbocycles. The van der Waals surface area contributed by atoms with E-state index in [1.54, 1.807) is 51.1 Å². The number of halogens is 4. The summed E-state index contributed by atoms with van der Waals surface area (Å²) in [5, 5.41) is 16.6. The number of hydrogen-bond acceptors (Lipinski definition) is 8. The molecule has 2 aliphatic rings. The summed E-state index contributed by atoms with van der Waals surface area (Å²) >= 11 is 0.591. The van der Waals surface area contributed by atoms with Gasteiger partial charge in [0.1, 0.15) is 17.5 Å². The number of benzene rings is 2. The number of benzodiazepines with no additional fused rings is 1. The molecule has 1 aliphatic heterocycles. The second kappa shape index (κ2) is 16.6. The lowest BCUT2D eigenvalue weighted by Gasteiger charge is -2.27. The van der Waals surface area contributed by atoms with Crippen LogP contribution in [0, 0.1) is 23.6 Å². The van der Waals surface area contributed by atoms with Crippen LogP contribution in [0.2, 0.25) is 0 Å². The molecule has 5 N–H and O–H groups in total. The van der Waals surface area contributed by atoms with Gasteiger partial charge >= 0.3 is 18.2 Å². The molecule has 1 fully saturated rings. The molecule has 0 radical (unpaired) electrons. The fourth-order valence-electron chi connectivity index (χ4n) is 5.36. The Hall–Kier alpha value is -4.67. The molecule has 276 valence electrons. The highest BCUT2D eigenvalue weighted by atomic mass is 32.2. The van der Waals surface area contributed by atoms with Crippen LogP contribution in [0.3, 0.4) is 0 Å². The molecule has 4 amide bonds. The minimum atomic E-state index is -4.69. The van der Waals surface area contributed by atoms with Crippen LogP contribution in [0.1, 0.15) is 64.0 Å². The zero-order valence-electron chi connectivity index (χ0n) is 28.0. The Morgan fingerprint density at radius 1 is 1.02 bits per heavy atom. The summed E-state index contributed by atoms with van der Waals surface area (Å²) in [6, 6.07) is 11.0. The molecular formula is C34H39F4N5O7S. The third-order valence-electron chi connectivity index (χ3n) is 7.94. The molecule has 4 rings (SSSR count). The van der Waals surface area contributed by atoms with Crippen molar-refractivity contribution in [2.24, 2.45) is 22.7 Å². The third kappa shape index (κ3) is 11.7. The van der Waals surface area contributed by atoms with Crippen LogP contribution in [0.15, 0.2) is 53.5 Å². The summed E-state index contributed by atoms with van der Waals surface area (Å²) in [4.78, 5) is 69.1. The Balaban J connectivity index is 1.57. The van der Waals surface area contributed by atoms with Gasteiger partial charge in [-0.25, -0.2) is 19.0 Å². The molecule has 2 aromatic rings. The maximum Gasteiger partial charge on any atom is 0.408 e. The van der Waals surface area contributed by atoms with Crippen molar-refractivity contribution < 1.29 is 51.4 Å². The molecule has 17 heteroatoms. The van der Waals surface area contributed by atoms with Gasteiger partial charge in [0.25, 0.3) is 5.91 Å². The third-order valence-corrected chi connectivity index (χ3v) is 8.79. The number of nitrogens with one attached hydrogen (secondary N) is 4. The number of aliphatic carboxylic acids is 1. The summed E-state index contributed by atoms with van der Waals surface area (Å²) in [6.07, 6.45) is -8.21. The van der Waals surface area contributed by atoms with Crippen LogP contribution in [0.4, 0.5) is 28.0 Å². The Kier molecular flexibility index (Phi) is 12.7. The molecule has 0 aromatic heterocycles. The van der Waals surface area contributed by atoms with Gasteiger partial charge < -0.3 is 25.8 Å². The van der Waals surface area contributed by atoms with Crippen molar-refractivity contribution in [1.29, 1.82) is 0 Å². The zero-order valence-corrected chi connectivity index (χ0v) is 28.8. The number of hydrogen-bond donors (Lipinski definition) is 5. The Labute approximate surface area is 295 Å². The molecule has 12 nitrogen and oxygen atoms in total. The number of aliphatic imine (C=N–C) groups is 1. The van der Waals surface area contributed by atoms with Crippen molar-refractivity contribution in [2.75, 3.05) is 11.1 Å². The molecule has 51 heavy (non-hydrogen) atoms. The average molecular weight is 738 g/mol. The van der Waals surface area contributed by atoms with Crippen molar-refractivity contribution in [3.8, 4) is 0 Å². The molecule has 0 saturated heterocycles. The van der Waals surface area contributed by atoms with E-state index in [1.165, 1.54) is 12.1 Å². The maximum absolute atomic E-state index is 14.9. The van der Waals surface area contributed by atoms with Crippen LogP contribution < -0.4 is 20.7 Å². The standard InChI is InChI=1S/C34H39F4N5O7S/c1-33(2,3)50-32(49)39-24(31(47)48)17-51-43-29(45)22(16-18-12-13-18)20(14-15-34(36,37)38)28(44)42-27-30(46)41-26-21(10-7-11-23(26)35)25(40-27)19-8-5-4-6-9-19/h4-11,18,20,22,24,27H,12-17H2,1-3H3,(H,39,49)(H,41,46)(H,42,44)(H,43,45)(H,47,48)/t20-,22+,24?,27?/m1/s1. The van der Waals surface area contributed by atoms with Gasteiger partial charge in [-0.2, -0.15) is 13.2 Å². The van der Waals surface area contributed by atoms with E-state index in [0.29, 0.717) is 30.4 Å². The van der Waals surface area contributed by atoms with E-state index in [0.717, 1.165) is 6.07 Å². The topological polar surface area (TPSA) is 175 Å². The Morgan fingerprint density at radius 3 is 2.31 bits per heavy atom. The van der Waals surface area contributed by atoms with E-state index in [1.807, 2.05) is 0 Å². The van der Waals surface area contributed by atoms with Crippen LogP contribution in [0.5, 0.6) is 0 Å². The number of carbonyl (C=O) groups excluding carboxylic acids is 4. The van der Waals surface area contributed by atoms with Crippen molar-refractivity contribution in [2.45, 2.75) is 76.9 Å². The number of carbonyl (C=O) groups is 5. The molecule has 2 unspecified atom stereocenters. The van der Waals surface area contributed by atoms with Crippen LogP contribution in [-0.4, -0.2) is 70.3 Å². The molecule has 1 heterocycles. The highest BCUT2D eigenvalue weighted by Gasteiger charge is 2.42.